The number of hydrogen-bond donors (Lipinski definition) is 2. The number of piperidine rings is 1. The molecule has 1 amide bonds. The van der Waals surface area contributed by atoms with Gasteiger partial charge in [0, 0.05) is 52.1 Å². The van der Waals surface area contributed by atoms with E-state index in [1.807, 2.05) is 0 Å². The van der Waals surface area contributed by atoms with Crippen LogP contribution in [-0.4, -0.2) is 75.8 Å². The van der Waals surface area contributed by atoms with Gasteiger partial charge in [0.1, 0.15) is 6.54 Å². The number of guanidine groups is 1. The highest BCUT2D eigenvalue weighted by atomic mass is 16.5. The Bertz CT molecular complexity index is 698. The van der Waals surface area contributed by atoms with Crippen LogP contribution < -0.4 is 15.5 Å². The van der Waals surface area contributed by atoms with Gasteiger partial charge in [-0.15, -0.1) is 0 Å². The normalized spacial score (nSPS) is 22.5. The highest BCUT2D eigenvalue weighted by Gasteiger charge is 2.22. The van der Waals surface area contributed by atoms with Gasteiger partial charge in [0.05, 0.1) is 6.10 Å². The molecule has 30 heavy (non-hydrogen) atoms. The Morgan fingerprint density at radius 3 is 2.70 bits per heavy atom. The summed E-state index contributed by atoms with van der Waals surface area (Å²) in [6.07, 6.45) is 5.85. The molecular formula is C23H37N5O2. The van der Waals surface area contributed by atoms with Gasteiger partial charge in [-0.2, -0.15) is 0 Å². The number of nitrogens with zero attached hydrogens (tertiary/aromatic N) is 3. The van der Waals surface area contributed by atoms with Gasteiger partial charge in [-0.1, -0.05) is 17.7 Å². The average Bonchev–Trinajstić information content (AvgIpc) is 2.76. The number of amides is 1. The van der Waals surface area contributed by atoms with Gasteiger partial charge in [-0.3, -0.25) is 4.79 Å². The van der Waals surface area contributed by atoms with Crippen LogP contribution in [0.2, 0.25) is 0 Å². The molecule has 2 aliphatic heterocycles. The molecule has 2 N–H and O–H groups in total. The van der Waals surface area contributed by atoms with Crippen LogP contribution in [0.25, 0.3) is 0 Å². The van der Waals surface area contributed by atoms with Crippen molar-refractivity contribution < 1.29 is 9.53 Å². The maximum atomic E-state index is 12.0. The number of anilines is 1. The monoisotopic (exact) mass is 415 g/mol. The minimum absolute atomic E-state index is 0.00468. The number of nitrogens with one attached hydrogen (secondary N) is 2. The fourth-order valence-corrected chi connectivity index (χ4v) is 3.90. The van der Waals surface area contributed by atoms with Gasteiger partial charge in [0.2, 0.25) is 5.91 Å². The fourth-order valence-electron chi connectivity index (χ4n) is 3.90. The number of carbonyl (C=O) groups is 1. The Morgan fingerprint density at radius 2 is 2.00 bits per heavy atom. The van der Waals surface area contributed by atoms with Crippen LogP contribution >= 0.6 is 0 Å². The molecule has 1 aromatic rings. The van der Waals surface area contributed by atoms with Crippen molar-refractivity contribution in [3.8, 4) is 0 Å². The lowest BCUT2D eigenvalue weighted by molar-refractivity contribution is -0.127. The first-order chi connectivity index (χ1) is 14.5. The molecule has 2 heterocycles. The third kappa shape index (κ3) is 6.90. The number of aryl methyl sites for hydroxylation is 1. The van der Waals surface area contributed by atoms with E-state index in [-0.39, 0.29) is 24.6 Å². The zero-order chi connectivity index (χ0) is 21.3. The number of benzene rings is 1. The number of aliphatic imine (C=N–C) groups is 1. The molecular weight excluding hydrogens is 378 g/mol. The molecule has 1 aromatic carbocycles. The molecule has 0 aromatic heterocycles. The Labute approximate surface area is 180 Å². The Kier molecular flexibility index (Phi) is 8.37. The number of carbonyl (C=O) groups excluding carboxylic acids is 1. The SMILES string of the molecule is Cc1ccc(N2CCCC(NC(=NCC(=O)N(C)C)NCC3CCCCO3)C2)cc1. The molecule has 0 radical (unpaired) electrons. The predicted octanol–water partition coefficient (Wildman–Crippen LogP) is 2.16. The zero-order valence-corrected chi connectivity index (χ0v) is 18.7. The van der Waals surface area contributed by atoms with Crippen molar-refractivity contribution in [3.05, 3.63) is 29.8 Å². The van der Waals surface area contributed by atoms with Gasteiger partial charge in [0.25, 0.3) is 0 Å². The van der Waals surface area contributed by atoms with Crippen LogP contribution in [0.1, 0.15) is 37.7 Å². The van der Waals surface area contributed by atoms with E-state index in [0.29, 0.717) is 5.96 Å². The molecule has 2 atom stereocenters. The minimum atomic E-state index is -0.00468. The van der Waals surface area contributed by atoms with E-state index in [1.54, 1.807) is 19.0 Å². The van der Waals surface area contributed by atoms with Crippen molar-refractivity contribution >= 4 is 17.6 Å². The van der Waals surface area contributed by atoms with E-state index in [1.165, 1.54) is 17.7 Å². The molecule has 2 fully saturated rings. The molecule has 2 aliphatic rings. The van der Waals surface area contributed by atoms with Gasteiger partial charge < -0.3 is 25.2 Å². The fraction of sp³-hybridized carbons (Fsp3) is 0.652. The van der Waals surface area contributed by atoms with E-state index in [4.69, 9.17) is 4.74 Å². The van der Waals surface area contributed by atoms with Crippen LogP contribution in [0.3, 0.4) is 0 Å². The number of likely N-dealkylation sites (N-methyl/N-ethyl adjacent to an activating group) is 1. The first-order valence-electron chi connectivity index (χ1n) is 11.2. The lowest BCUT2D eigenvalue weighted by Crippen LogP contribution is -2.52. The number of rotatable bonds is 6. The van der Waals surface area contributed by atoms with E-state index in [0.717, 1.165) is 51.9 Å². The van der Waals surface area contributed by atoms with E-state index in [9.17, 15) is 4.79 Å². The predicted molar refractivity (Wildman–Crippen MR) is 122 cm³/mol. The van der Waals surface area contributed by atoms with Crippen molar-refractivity contribution in [1.29, 1.82) is 0 Å². The summed E-state index contributed by atoms with van der Waals surface area (Å²) >= 11 is 0. The molecule has 0 saturated carbocycles. The molecule has 2 saturated heterocycles. The van der Waals surface area contributed by atoms with Crippen molar-refractivity contribution in [1.82, 2.24) is 15.5 Å². The lowest BCUT2D eigenvalue weighted by atomic mass is 10.0. The van der Waals surface area contributed by atoms with Crippen LogP contribution in [0.5, 0.6) is 0 Å². The lowest BCUT2D eigenvalue weighted by Gasteiger charge is -2.35. The molecule has 0 bridgehead atoms. The number of ether oxygens (including phenoxy) is 1. The van der Waals surface area contributed by atoms with Crippen LogP contribution in [0, 0.1) is 6.92 Å². The summed E-state index contributed by atoms with van der Waals surface area (Å²) in [6.45, 7) is 5.80. The third-order valence-electron chi connectivity index (χ3n) is 5.80. The second-order valence-corrected chi connectivity index (χ2v) is 8.59. The molecule has 166 valence electrons. The van der Waals surface area contributed by atoms with Gasteiger partial charge >= 0.3 is 0 Å². The van der Waals surface area contributed by atoms with Crippen LogP contribution in [0.15, 0.2) is 29.3 Å². The Morgan fingerprint density at radius 1 is 1.20 bits per heavy atom. The Hall–Kier alpha value is -2.28. The second kappa shape index (κ2) is 11.2. The topological polar surface area (TPSA) is 69.2 Å². The molecule has 3 rings (SSSR count). The molecule has 0 spiro atoms. The molecule has 7 heteroatoms. The smallest absolute Gasteiger partial charge is 0.243 e. The summed E-state index contributed by atoms with van der Waals surface area (Å²) in [4.78, 5) is 20.6. The van der Waals surface area contributed by atoms with Gasteiger partial charge in [-0.25, -0.2) is 4.99 Å². The van der Waals surface area contributed by atoms with Crippen molar-refractivity contribution in [2.75, 3.05) is 51.8 Å². The van der Waals surface area contributed by atoms with Crippen LogP contribution in [0.4, 0.5) is 5.69 Å². The summed E-state index contributed by atoms with van der Waals surface area (Å²) in [5.41, 5.74) is 2.54. The van der Waals surface area contributed by atoms with Crippen molar-refractivity contribution in [3.63, 3.8) is 0 Å². The molecule has 2 unspecified atom stereocenters. The standard InChI is InChI=1S/C23H37N5O2/c1-18-9-11-20(12-10-18)28-13-6-7-19(17-28)26-23(25-16-22(29)27(2)3)24-15-21-8-4-5-14-30-21/h9-12,19,21H,4-8,13-17H2,1-3H3,(H2,24,25,26). The van der Waals surface area contributed by atoms with E-state index < -0.39 is 0 Å². The van der Waals surface area contributed by atoms with E-state index in [2.05, 4.69) is 51.7 Å². The van der Waals surface area contributed by atoms with Crippen molar-refractivity contribution in [2.45, 2.75) is 51.2 Å². The maximum Gasteiger partial charge on any atom is 0.243 e. The summed E-state index contributed by atoms with van der Waals surface area (Å²) in [7, 11) is 3.52. The quantitative estimate of drug-likeness (QED) is 0.550. The molecule has 7 nitrogen and oxygen atoms in total. The van der Waals surface area contributed by atoms with Crippen LogP contribution in [-0.2, 0) is 9.53 Å². The summed E-state index contributed by atoms with van der Waals surface area (Å²) in [5, 5.41) is 6.99. The largest absolute Gasteiger partial charge is 0.376 e. The number of hydrogen-bond acceptors (Lipinski definition) is 4. The minimum Gasteiger partial charge on any atom is -0.376 e. The van der Waals surface area contributed by atoms with Gasteiger partial charge in [-0.05, 0) is 51.2 Å². The summed E-state index contributed by atoms with van der Waals surface area (Å²) in [6, 6.07) is 9.01. The highest BCUT2D eigenvalue weighted by Crippen LogP contribution is 2.20. The highest BCUT2D eigenvalue weighted by molar-refractivity contribution is 5.85. The van der Waals surface area contributed by atoms with Crippen molar-refractivity contribution in [2.24, 2.45) is 4.99 Å². The van der Waals surface area contributed by atoms with E-state index >= 15 is 0 Å². The summed E-state index contributed by atoms with van der Waals surface area (Å²) in [5.74, 6) is 0.699. The summed E-state index contributed by atoms with van der Waals surface area (Å²) < 4.78 is 5.84. The first kappa shape index (κ1) is 22.4. The molecule has 0 aliphatic carbocycles. The zero-order valence-electron chi connectivity index (χ0n) is 18.7. The first-order valence-corrected chi connectivity index (χ1v) is 11.2. The van der Waals surface area contributed by atoms with Gasteiger partial charge in [0.15, 0.2) is 5.96 Å². The second-order valence-electron chi connectivity index (χ2n) is 8.59. The Balaban J connectivity index is 1.60. The maximum absolute atomic E-state index is 12.0. The average molecular weight is 416 g/mol. The third-order valence-corrected chi connectivity index (χ3v) is 5.80.